The molecule has 5 rings (SSSR count). The van der Waals surface area contributed by atoms with Gasteiger partial charge in [-0.3, -0.25) is 15.6 Å². The van der Waals surface area contributed by atoms with Crippen LogP contribution in [0.15, 0.2) is 134 Å². The van der Waals surface area contributed by atoms with Crippen LogP contribution in [0.5, 0.6) is 0 Å². The smallest absolute Gasteiger partial charge is 0.242 e. The van der Waals surface area contributed by atoms with E-state index in [-0.39, 0.29) is 18.2 Å². The van der Waals surface area contributed by atoms with Crippen LogP contribution in [0.25, 0.3) is 0 Å². The predicted octanol–water partition coefficient (Wildman–Crippen LogP) is 7.91. The number of imidazole rings is 1. The number of unbranched alkanes of at least 4 members (excludes halogenated alkanes) is 3. The van der Waals surface area contributed by atoms with Gasteiger partial charge in [-0.2, -0.15) is 0 Å². The lowest BCUT2D eigenvalue weighted by atomic mass is 9.76. The first-order valence-electron chi connectivity index (χ1n) is 16.7. The minimum atomic E-state index is -0.594. The van der Waals surface area contributed by atoms with Crippen molar-refractivity contribution in [2.45, 2.75) is 63.3 Å². The number of carbonyl (C=O) groups is 1. The first-order chi connectivity index (χ1) is 23.1. The van der Waals surface area contributed by atoms with Crippen molar-refractivity contribution < 1.29 is 4.79 Å². The highest BCUT2D eigenvalue weighted by atomic mass is 32.1. The lowest BCUT2D eigenvalue weighted by molar-refractivity contribution is -0.121. The van der Waals surface area contributed by atoms with E-state index >= 15 is 0 Å². The summed E-state index contributed by atoms with van der Waals surface area (Å²) < 4.78 is 2.29. The summed E-state index contributed by atoms with van der Waals surface area (Å²) in [6.07, 6.45) is 11.2. The third kappa shape index (κ3) is 8.74. The number of hydrazine groups is 1. The molecule has 0 saturated heterocycles. The van der Waals surface area contributed by atoms with Crippen molar-refractivity contribution in [1.29, 1.82) is 0 Å². The number of carbonyl (C=O) groups excluding carboxylic acids is 1. The van der Waals surface area contributed by atoms with Crippen molar-refractivity contribution in [3.63, 3.8) is 0 Å². The van der Waals surface area contributed by atoms with Gasteiger partial charge < -0.3 is 9.88 Å². The number of nitrogens with zero attached hydrogens (tertiary/aromatic N) is 2. The summed E-state index contributed by atoms with van der Waals surface area (Å²) in [5, 5.41) is 3.69. The Balaban J connectivity index is 1.35. The molecule has 1 amide bonds. The molecule has 0 spiro atoms. The first kappa shape index (κ1) is 33.6. The van der Waals surface area contributed by atoms with Crippen molar-refractivity contribution >= 4 is 23.2 Å². The van der Waals surface area contributed by atoms with E-state index in [0.717, 1.165) is 30.5 Å². The van der Waals surface area contributed by atoms with Crippen LogP contribution in [-0.2, 0) is 16.8 Å². The second-order valence-electron chi connectivity index (χ2n) is 11.9. The average molecular weight is 644 g/mol. The molecule has 242 valence electrons. The number of hydrogen-bond donors (Lipinski definition) is 3. The van der Waals surface area contributed by atoms with Gasteiger partial charge in [0.25, 0.3) is 0 Å². The van der Waals surface area contributed by atoms with Crippen LogP contribution in [0.1, 0.15) is 79.3 Å². The molecule has 6 nitrogen and oxygen atoms in total. The summed E-state index contributed by atoms with van der Waals surface area (Å²) in [4.78, 5) is 17.5. The Morgan fingerprint density at radius 2 is 1.30 bits per heavy atom. The Bertz CT molecular complexity index is 1560. The van der Waals surface area contributed by atoms with Crippen molar-refractivity contribution in [2.24, 2.45) is 0 Å². The van der Waals surface area contributed by atoms with Crippen molar-refractivity contribution in [1.82, 2.24) is 25.7 Å². The molecule has 0 fully saturated rings. The first-order valence-corrected chi connectivity index (χ1v) is 17.1. The van der Waals surface area contributed by atoms with Crippen molar-refractivity contribution in [2.75, 3.05) is 6.54 Å². The largest absolute Gasteiger partial charge is 0.361 e. The summed E-state index contributed by atoms with van der Waals surface area (Å²) in [5.41, 5.74) is 10.5. The average Bonchev–Trinajstić information content (AvgIpc) is 3.61. The third-order valence-electron chi connectivity index (χ3n) is 8.69. The van der Waals surface area contributed by atoms with E-state index in [1.165, 1.54) is 36.0 Å². The number of rotatable bonds is 15. The summed E-state index contributed by atoms with van der Waals surface area (Å²) >= 11 is 5.49. The number of nitrogens with one attached hydrogen (secondary N) is 3. The molecule has 1 heterocycles. The molecule has 5 aromatic rings. The maximum Gasteiger partial charge on any atom is 0.242 e. The minimum absolute atomic E-state index is 0.140. The van der Waals surface area contributed by atoms with E-state index in [1.54, 1.807) is 0 Å². The Labute approximate surface area is 284 Å². The van der Waals surface area contributed by atoms with Crippen LogP contribution >= 0.6 is 12.2 Å². The van der Waals surface area contributed by atoms with Crippen LogP contribution in [0, 0.1) is 0 Å². The van der Waals surface area contributed by atoms with E-state index in [9.17, 15) is 4.79 Å². The molecule has 0 saturated carbocycles. The second-order valence-corrected chi connectivity index (χ2v) is 12.3. The highest BCUT2D eigenvalue weighted by Crippen LogP contribution is 2.41. The molecule has 0 aliphatic carbocycles. The fraction of sp³-hybridized carbons (Fsp3) is 0.275. The number of thiocarbonyl (C=S) groups is 1. The zero-order valence-electron chi connectivity index (χ0n) is 27.1. The number of hydrogen-bond acceptors (Lipinski definition) is 3. The van der Waals surface area contributed by atoms with Crippen LogP contribution in [0.2, 0.25) is 0 Å². The monoisotopic (exact) mass is 643 g/mol. The van der Waals surface area contributed by atoms with E-state index in [1.807, 2.05) is 36.7 Å². The Morgan fingerprint density at radius 3 is 1.85 bits per heavy atom. The minimum Gasteiger partial charge on any atom is -0.361 e. The van der Waals surface area contributed by atoms with E-state index < -0.39 is 5.54 Å². The van der Waals surface area contributed by atoms with Gasteiger partial charge >= 0.3 is 0 Å². The van der Waals surface area contributed by atoms with Gasteiger partial charge in [0.05, 0.1) is 18.4 Å². The topological polar surface area (TPSA) is 71.0 Å². The molecule has 4 aromatic carbocycles. The third-order valence-corrected chi connectivity index (χ3v) is 8.94. The van der Waals surface area contributed by atoms with Gasteiger partial charge in [-0.05, 0) is 47.3 Å². The molecule has 0 aliphatic heterocycles. The molecule has 1 unspecified atom stereocenters. The number of amides is 1. The molecule has 47 heavy (non-hydrogen) atoms. The molecule has 1 aromatic heterocycles. The van der Waals surface area contributed by atoms with Crippen molar-refractivity contribution in [3.8, 4) is 0 Å². The molecule has 7 heteroatoms. The van der Waals surface area contributed by atoms with Gasteiger partial charge in [0.15, 0.2) is 5.11 Å². The van der Waals surface area contributed by atoms with Gasteiger partial charge in [-0.25, -0.2) is 4.98 Å². The summed E-state index contributed by atoms with van der Waals surface area (Å²) in [7, 11) is 0. The number of benzene rings is 4. The summed E-state index contributed by atoms with van der Waals surface area (Å²) in [5.74, 6) is 0.106. The molecule has 0 radical (unpaired) electrons. The lowest BCUT2D eigenvalue weighted by Crippen LogP contribution is -2.47. The molecule has 3 N–H and O–H groups in total. The molecule has 0 bridgehead atoms. The van der Waals surface area contributed by atoms with Gasteiger partial charge in [0.1, 0.15) is 5.54 Å². The number of aromatic nitrogens is 2. The fourth-order valence-corrected chi connectivity index (χ4v) is 6.48. The van der Waals surface area contributed by atoms with Gasteiger partial charge in [-0.1, -0.05) is 154 Å². The maximum absolute atomic E-state index is 12.4. The maximum atomic E-state index is 12.4. The lowest BCUT2D eigenvalue weighted by Gasteiger charge is -2.37. The normalized spacial score (nSPS) is 11.9. The van der Waals surface area contributed by atoms with Crippen molar-refractivity contribution in [3.05, 3.63) is 162 Å². The van der Waals surface area contributed by atoms with Gasteiger partial charge in [-0.15, -0.1) is 0 Å². The van der Waals surface area contributed by atoms with Crippen LogP contribution in [-0.4, -0.2) is 27.1 Å². The molecular weight excluding hydrogens is 599 g/mol. The Hall–Kier alpha value is -4.75. The molecule has 1 atom stereocenters. The quantitative estimate of drug-likeness (QED) is 0.0468. The summed E-state index contributed by atoms with van der Waals surface area (Å²) in [6, 6.07) is 41.7. The van der Waals surface area contributed by atoms with Crippen LogP contribution in [0.3, 0.4) is 0 Å². The van der Waals surface area contributed by atoms with Gasteiger partial charge in [0, 0.05) is 18.7 Å². The molecular formula is C40H45N5OS. The zero-order valence-corrected chi connectivity index (χ0v) is 28.0. The SMILES string of the molecule is CCCCCCC(CCNC(=S)NNC(=O)Cc1ccccc1)c1cn(C(c2ccccc2)(c2ccccc2)c2ccccc2)cn1. The highest BCUT2D eigenvalue weighted by molar-refractivity contribution is 7.80. The standard InChI is InChI=1S/C40H45N5OS/c1-2-3-4-11-20-33(27-28-41-39(47)44-43-38(46)29-32-18-9-5-10-19-32)37-30-45(31-42-37)40(34-21-12-6-13-22-34,35-23-14-7-15-24-35)36-25-16-8-17-26-36/h5-10,12-19,21-26,30-31,33H,2-4,11,20,27-29H2,1H3,(H,43,46)(H2,41,44,47). The van der Waals surface area contributed by atoms with Crippen LogP contribution in [0.4, 0.5) is 0 Å². The van der Waals surface area contributed by atoms with E-state index in [0.29, 0.717) is 11.7 Å². The van der Waals surface area contributed by atoms with Gasteiger partial charge in [0.2, 0.25) is 5.91 Å². The predicted molar refractivity (Wildman–Crippen MR) is 195 cm³/mol. The second kappa shape index (κ2) is 17.2. The summed E-state index contributed by atoms with van der Waals surface area (Å²) in [6.45, 7) is 2.90. The highest BCUT2D eigenvalue weighted by Gasteiger charge is 2.38. The molecule has 0 aliphatic rings. The Morgan fingerprint density at radius 1 is 0.745 bits per heavy atom. The zero-order chi connectivity index (χ0) is 32.7. The van der Waals surface area contributed by atoms with E-state index in [4.69, 9.17) is 17.2 Å². The fourth-order valence-electron chi connectivity index (χ4n) is 6.33. The van der Waals surface area contributed by atoms with Crippen LogP contribution < -0.4 is 16.2 Å². The Kier molecular flexibility index (Phi) is 12.3. The van der Waals surface area contributed by atoms with E-state index in [2.05, 4.69) is 125 Å².